The molecule has 0 bridgehead atoms. The molecule has 2 N–H and O–H groups in total. The van der Waals surface area contributed by atoms with Crippen molar-refractivity contribution in [2.45, 2.75) is 25.3 Å². The fourth-order valence-corrected chi connectivity index (χ4v) is 3.43. The third kappa shape index (κ3) is 3.92. The Morgan fingerprint density at radius 1 is 1.57 bits per heavy atom. The van der Waals surface area contributed by atoms with Crippen molar-refractivity contribution < 1.29 is 4.79 Å². The molecule has 3 heterocycles. The number of aromatic nitrogens is 2. The molecule has 2 aromatic rings. The van der Waals surface area contributed by atoms with E-state index >= 15 is 0 Å². The second kappa shape index (κ2) is 6.87. The number of aromatic amines is 1. The Bertz CT molecular complexity index is 552. The summed E-state index contributed by atoms with van der Waals surface area (Å²) in [5.41, 5.74) is 0. The molecule has 5 nitrogen and oxygen atoms in total. The number of thiophene rings is 1. The van der Waals surface area contributed by atoms with Crippen LogP contribution in [0.15, 0.2) is 29.9 Å². The number of rotatable bonds is 5. The van der Waals surface area contributed by atoms with Gasteiger partial charge in [0, 0.05) is 29.7 Å². The molecule has 0 spiro atoms. The molecule has 0 saturated carbocycles. The summed E-state index contributed by atoms with van der Waals surface area (Å²) in [6.45, 7) is 3.00. The molecule has 0 aliphatic carbocycles. The monoisotopic (exact) mass is 304 g/mol. The van der Waals surface area contributed by atoms with Gasteiger partial charge in [0.1, 0.15) is 5.82 Å². The number of H-pyrrole nitrogens is 1. The summed E-state index contributed by atoms with van der Waals surface area (Å²) in [6.07, 6.45) is 5.91. The van der Waals surface area contributed by atoms with Gasteiger partial charge in [-0.05, 0) is 30.8 Å². The SMILES string of the molecule is O=C(CN1CCC[C@@H](c2ncc[nH]2)C1)NCc1cccs1. The number of nitrogens with one attached hydrogen (secondary N) is 2. The topological polar surface area (TPSA) is 61.0 Å². The smallest absolute Gasteiger partial charge is 0.234 e. The van der Waals surface area contributed by atoms with E-state index in [0.717, 1.165) is 31.8 Å². The quantitative estimate of drug-likeness (QED) is 0.888. The maximum atomic E-state index is 12.0. The summed E-state index contributed by atoms with van der Waals surface area (Å²) in [5.74, 6) is 1.56. The maximum Gasteiger partial charge on any atom is 0.234 e. The number of carbonyl (C=O) groups is 1. The summed E-state index contributed by atoms with van der Waals surface area (Å²) in [6, 6.07) is 4.05. The van der Waals surface area contributed by atoms with Crippen LogP contribution < -0.4 is 5.32 Å². The second-order valence-corrected chi connectivity index (χ2v) is 6.44. The zero-order chi connectivity index (χ0) is 14.5. The Kier molecular flexibility index (Phi) is 4.67. The number of carbonyl (C=O) groups excluding carboxylic acids is 1. The highest BCUT2D eigenvalue weighted by Gasteiger charge is 2.24. The van der Waals surface area contributed by atoms with Crippen LogP contribution in [0, 0.1) is 0 Å². The molecule has 0 aromatic carbocycles. The lowest BCUT2D eigenvalue weighted by Crippen LogP contribution is -2.41. The maximum absolute atomic E-state index is 12.0. The van der Waals surface area contributed by atoms with Crippen molar-refractivity contribution in [2.75, 3.05) is 19.6 Å². The van der Waals surface area contributed by atoms with E-state index in [2.05, 4.69) is 20.2 Å². The molecule has 0 radical (unpaired) electrons. The van der Waals surface area contributed by atoms with E-state index in [1.807, 2.05) is 23.7 Å². The van der Waals surface area contributed by atoms with Gasteiger partial charge in [-0.15, -0.1) is 11.3 Å². The zero-order valence-corrected chi connectivity index (χ0v) is 12.7. The van der Waals surface area contributed by atoms with E-state index in [1.165, 1.54) is 4.88 Å². The van der Waals surface area contributed by atoms with Gasteiger partial charge in [-0.2, -0.15) is 0 Å². The van der Waals surface area contributed by atoms with Crippen LogP contribution in [-0.4, -0.2) is 40.4 Å². The minimum atomic E-state index is 0.100. The van der Waals surface area contributed by atoms with Crippen molar-refractivity contribution in [2.24, 2.45) is 0 Å². The van der Waals surface area contributed by atoms with Crippen LogP contribution >= 0.6 is 11.3 Å². The lowest BCUT2D eigenvalue weighted by Gasteiger charge is -2.31. The highest BCUT2D eigenvalue weighted by molar-refractivity contribution is 7.09. The Morgan fingerprint density at radius 3 is 3.29 bits per heavy atom. The van der Waals surface area contributed by atoms with E-state index in [0.29, 0.717) is 19.0 Å². The van der Waals surface area contributed by atoms with Crippen molar-refractivity contribution in [3.63, 3.8) is 0 Å². The van der Waals surface area contributed by atoms with Crippen LogP contribution in [-0.2, 0) is 11.3 Å². The molecule has 112 valence electrons. The number of nitrogens with zero attached hydrogens (tertiary/aromatic N) is 2. The van der Waals surface area contributed by atoms with Gasteiger partial charge in [0.2, 0.25) is 5.91 Å². The largest absolute Gasteiger partial charge is 0.350 e. The minimum absolute atomic E-state index is 0.100. The van der Waals surface area contributed by atoms with E-state index in [9.17, 15) is 4.79 Å². The van der Waals surface area contributed by atoms with Crippen LogP contribution in [0.3, 0.4) is 0 Å². The van der Waals surface area contributed by atoms with Gasteiger partial charge in [0.25, 0.3) is 0 Å². The van der Waals surface area contributed by atoms with Crippen molar-refractivity contribution in [3.8, 4) is 0 Å². The Hall–Kier alpha value is -1.66. The molecule has 1 fully saturated rings. The zero-order valence-electron chi connectivity index (χ0n) is 11.9. The summed E-state index contributed by atoms with van der Waals surface area (Å²) < 4.78 is 0. The first kappa shape index (κ1) is 14.3. The highest BCUT2D eigenvalue weighted by Crippen LogP contribution is 2.23. The molecule has 1 aliphatic heterocycles. The molecule has 1 saturated heterocycles. The minimum Gasteiger partial charge on any atom is -0.350 e. The normalized spacial score (nSPS) is 19.5. The Morgan fingerprint density at radius 2 is 2.52 bits per heavy atom. The van der Waals surface area contributed by atoms with Crippen LogP contribution in [0.25, 0.3) is 0 Å². The van der Waals surface area contributed by atoms with E-state index in [-0.39, 0.29) is 5.91 Å². The first-order valence-corrected chi connectivity index (χ1v) is 8.20. The van der Waals surface area contributed by atoms with Crippen LogP contribution in [0.5, 0.6) is 0 Å². The molecule has 2 aromatic heterocycles. The molecule has 1 aliphatic rings. The summed E-state index contributed by atoms with van der Waals surface area (Å²) in [7, 11) is 0. The number of hydrogen-bond donors (Lipinski definition) is 2. The molecule has 1 atom stereocenters. The molecule has 1 amide bonds. The summed E-state index contributed by atoms with van der Waals surface area (Å²) in [4.78, 5) is 23.0. The third-order valence-corrected chi connectivity index (χ3v) is 4.70. The van der Waals surface area contributed by atoms with Gasteiger partial charge in [0.05, 0.1) is 13.1 Å². The van der Waals surface area contributed by atoms with Gasteiger partial charge in [-0.1, -0.05) is 6.07 Å². The standard InChI is InChI=1S/C15H20N4OS/c20-14(18-9-13-4-2-8-21-13)11-19-7-1-3-12(10-19)15-16-5-6-17-15/h2,4-6,8,12H,1,3,7,9-11H2,(H,16,17)(H,18,20)/t12-/m1/s1. The number of amides is 1. The van der Waals surface area contributed by atoms with Gasteiger partial charge < -0.3 is 10.3 Å². The van der Waals surface area contributed by atoms with Crippen molar-refractivity contribution in [1.82, 2.24) is 20.2 Å². The summed E-state index contributed by atoms with van der Waals surface area (Å²) >= 11 is 1.67. The lowest BCUT2D eigenvalue weighted by atomic mass is 9.97. The van der Waals surface area contributed by atoms with E-state index in [1.54, 1.807) is 17.5 Å². The molecule has 0 unspecified atom stereocenters. The Balaban J connectivity index is 1.47. The van der Waals surface area contributed by atoms with Crippen molar-refractivity contribution >= 4 is 17.2 Å². The van der Waals surface area contributed by atoms with Gasteiger partial charge in [0.15, 0.2) is 0 Å². The fraction of sp³-hybridized carbons (Fsp3) is 0.467. The first-order chi connectivity index (χ1) is 10.3. The average Bonchev–Trinajstić information content (AvgIpc) is 3.19. The number of imidazole rings is 1. The predicted octanol–water partition coefficient (Wildman–Crippen LogP) is 1.97. The molecule has 21 heavy (non-hydrogen) atoms. The Labute approximate surface area is 128 Å². The highest BCUT2D eigenvalue weighted by atomic mass is 32.1. The van der Waals surface area contributed by atoms with Gasteiger partial charge >= 0.3 is 0 Å². The van der Waals surface area contributed by atoms with Crippen molar-refractivity contribution in [1.29, 1.82) is 0 Å². The van der Waals surface area contributed by atoms with Crippen LogP contribution in [0.1, 0.15) is 29.5 Å². The summed E-state index contributed by atoms with van der Waals surface area (Å²) in [5, 5.41) is 5.02. The van der Waals surface area contributed by atoms with Gasteiger partial charge in [-0.25, -0.2) is 4.98 Å². The third-order valence-electron chi connectivity index (χ3n) is 3.82. The van der Waals surface area contributed by atoms with Gasteiger partial charge in [-0.3, -0.25) is 9.69 Å². The molecule has 3 rings (SSSR count). The number of likely N-dealkylation sites (tertiary alicyclic amines) is 1. The second-order valence-electron chi connectivity index (χ2n) is 5.40. The average molecular weight is 304 g/mol. The lowest BCUT2D eigenvalue weighted by molar-refractivity contribution is -0.122. The number of piperidine rings is 1. The molecule has 6 heteroatoms. The molecular formula is C15H20N4OS. The van der Waals surface area contributed by atoms with Crippen LogP contribution in [0.2, 0.25) is 0 Å². The van der Waals surface area contributed by atoms with E-state index < -0.39 is 0 Å². The molecular weight excluding hydrogens is 284 g/mol. The van der Waals surface area contributed by atoms with Crippen molar-refractivity contribution in [3.05, 3.63) is 40.6 Å². The predicted molar refractivity (Wildman–Crippen MR) is 83.2 cm³/mol. The fourth-order valence-electron chi connectivity index (χ4n) is 2.78. The number of hydrogen-bond acceptors (Lipinski definition) is 4. The van der Waals surface area contributed by atoms with Crippen LogP contribution in [0.4, 0.5) is 0 Å². The van der Waals surface area contributed by atoms with E-state index in [4.69, 9.17) is 0 Å². The first-order valence-electron chi connectivity index (χ1n) is 7.32.